The summed E-state index contributed by atoms with van der Waals surface area (Å²) in [6.07, 6.45) is 12.8. The van der Waals surface area contributed by atoms with Gasteiger partial charge in [-0.05, 0) is 44.4 Å². The Labute approximate surface area is 118 Å². The molecule has 19 heavy (non-hydrogen) atoms. The van der Waals surface area contributed by atoms with Crippen molar-refractivity contribution in [1.29, 1.82) is 0 Å². The quantitative estimate of drug-likeness (QED) is 0.634. The fraction of sp³-hybridized carbons (Fsp3) is 0.941. The van der Waals surface area contributed by atoms with Crippen molar-refractivity contribution >= 4 is 5.78 Å². The summed E-state index contributed by atoms with van der Waals surface area (Å²) in [5.74, 6) is 1.43. The van der Waals surface area contributed by atoms with Crippen LogP contribution in [0.2, 0.25) is 0 Å². The number of ketones is 1. The minimum atomic E-state index is 0.0820. The molecular weight excluding hydrogens is 236 g/mol. The molecule has 2 aliphatic rings. The van der Waals surface area contributed by atoms with Gasteiger partial charge in [0, 0.05) is 25.0 Å². The lowest BCUT2D eigenvalue weighted by Gasteiger charge is -2.26. The topological polar surface area (TPSA) is 26.3 Å². The predicted octanol–water partition coefficient (Wildman–Crippen LogP) is 4.51. The van der Waals surface area contributed by atoms with Crippen molar-refractivity contribution in [3.8, 4) is 0 Å². The highest BCUT2D eigenvalue weighted by atomic mass is 16.5. The van der Waals surface area contributed by atoms with Crippen molar-refractivity contribution in [3.63, 3.8) is 0 Å². The van der Waals surface area contributed by atoms with Crippen LogP contribution in [-0.4, -0.2) is 19.0 Å². The average Bonchev–Trinajstić information content (AvgIpc) is 2.94. The minimum absolute atomic E-state index is 0.0820. The number of hydrogen-bond donors (Lipinski definition) is 0. The highest BCUT2D eigenvalue weighted by Crippen LogP contribution is 2.42. The molecule has 1 aliphatic carbocycles. The second-order valence-corrected chi connectivity index (χ2v) is 6.57. The summed E-state index contributed by atoms with van der Waals surface area (Å²) in [6, 6.07) is 0. The molecule has 0 N–H and O–H groups in total. The van der Waals surface area contributed by atoms with Gasteiger partial charge >= 0.3 is 0 Å². The van der Waals surface area contributed by atoms with E-state index in [1.807, 2.05) is 0 Å². The normalized spacial score (nSPS) is 23.6. The van der Waals surface area contributed by atoms with E-state index < -0.39 is 0 Å². The van der Waals surface area contributed by atoms with Crippen molar-refractivity contribution < 1.29 is 9.53 Å². The maximum Gasteiger partial charge on any atom is 0.139 e. The van der Waals surface area contributed by atoms with Crippen molar-refractivity contribution in [2.24, 2.45) is 11.3 Å². The van der Waals surface area contributed by atoms with Gasteiger partial charge in [-0.1, -0.05) is 32.6 Å². The third-order valence-corrected chi connectivity index (χ3v) is 5.44. The number of carbonyl (C=O) groups excluding carboxylic acids is 1. The molecule has 0 amide bonds. The van der Waals surface area contributed by atoms with E-state index in [1.165, 1.54) is 38.5 Å². The van der Waals surface area contributed by atoms with Crippen LogP contribution in [0.25, 0.3) is 0 Å². The van der Waals surface area contributed by atoms with Gasteiger partial charge in [-0.2, -0.15) is 0 Å². The summed E-state index contributed by atoms with van der Waals surface area (Å²) in [5.41, 5.74) is 0.0820. The lowest BCUT2D eigenvalue weighted by molar-refractivity contribution is -0.128. The Kier molecular flexibility index (Phi) is 5.87. The molecule has 0 aromatic carbocycles. The Morgan fingerprint density at radius 3 is 2.47 bits per heavy atom. The smallest absolute Gasteiger partial charge is 0.139 e. The molecule has 2 rings (SSSR count). The summed E-state index contributed by atoms with van der Waals surface area (Å²) in [6.45, 7) is 4.09. The molecule has 0 aromatic rings. The van der Waals surface area contributed by atoms with Crippen LogP contribution in [0.15, 0.2) is 0 Å². The zero-order chi connectivity index (χ0) is 13.6. The van der Waals surface area contributed by atoms with Gasteiger partial charge in [-0.25, -0.2) is 0 Å². The van der Waals surface area contributed by atoms with Crippen LogP contribution >= 0.6 is 0 Å². The van der Waals surface area contributed by atoms with Crippen molar-refractivity contribution in [1.82, 2.24) is 0 Å². The molecule has 0 unspecified atom stereocenters. The predicted molar refractivity (Wildman–Crippen MR) is 78.2 cm³/mol. The zero-order valence-corrected chi connectivity index (χ0v) is 12.6. The molecule has 2 fully saturated rings. The Hall–Kier alpha value is -0.370. The molecule has 1 heterocycles. The summed E-state index contributed by atoms with van der Waals surface area (Å²) >= 11 is 0. The lowest BCUT2D eigenvalue weighted by atomic mass is 9.77. The number of ether oxygens (including phenoxy) is 1. The maximum atomic E-state index is 12.4. The van der Waals surface area contributed by atoms with E-state index >= 15 is 0 Å². The van der Waals surface area contributed by atoms with E-state index in [0.717, 1.165) is 51.2 Å². The van der Waals surface area contributed by atoms with E-state index in [0.29, 0.717) is 5.78 Å². The summed E-state index contributed by atoms with van der Waals surface area (Å²) in [5, 5.41) is 0. The molecule has 1 aliphatic heterocycles. The summed E-state index contributed by atoms with van der Waals surface area (Å²) < 4.78 is 5.39. The first-order valence-electron chi connectivity index (χ1n) is 8.38. The van der Waals surface area contributed by atoms with Gasteiger partial charge in [0.15, 0.2) is 0 Å². The third-order valence-electron chi connectivity index (χ3n) is 5.44. The molecule has 2 nitrogen and oxygen atoms in total. The molecular formula is C17H30O2. The fourth-order valence-electron chi connectivity index (χ4n) is 3.90. The number of unbranched alkanes of at least 4 members (excludes halogenated alkanes) is 1. The summed E-state index contributed by atoms with van der Waals surface area (Å²) in [7, 11) is 0. The van der Waals surface area contributed by atoms with Gasteiger partial charge in [0.1, 0.15) is 5.78 Å². The van der Waals surface area contributed by atoms with Gasteiger partial charge in [0.2, 0.25) is 0 Å². The molecule has 0 spiro atoms. The Morgan fingerprint density at radius 2 is 1.84 bits per heavy atom. The summed E-state index contributed by atoms with van der Waals surface area (Å²) in [4.78, 5) is 12.4. The Balaban J connectivity index is 1.63. The van der Waals surface area contributed by atoms with Crippen LogP contribution in [-0.2, 0) is 9.53 Å². The Bertz CT molecular complexity index is 273. The third kappa shape index (κ3) is 4.05. The fourth-order valence-corrected chi connectivity index (χ4v) is 3.90. The van der Waals surface area contributed by atoms with E-state index in [4.69, 9.17) is 4.74 Å². The van der Waals surface area contributed by atoms with Crippen LogP contribution in [0.4, 0.5) is 0 Å². The molecule has 1 saturated carbocycles. The second-order valence-electron chi connectivity index (χ2n) is 6.57. The van der Waals surface area contributed by atoms with Crippen molar-refractivity contribution in [3.05, 3.63) is 0 Å². The van der Waals surface area contributed by atoms with Crippen LogP contribution in [0.1, 0.15) is 77.6 Å². The minimum Gasteiger partial charge on any atom is -0.381 e. The van der Waals surface area contributed by atoms with Crippen molar-refractivity contribution in [2.45, 2.75) is 77.6 Å². The van der Waals surface area contributed by atoms with Crippen LogP contribution in [0.3, 0.4) is 0 Å². The van der Waals surface area contributed by atoms with E-state index in [-0.39, 0.29) is 5.41 Å². The van der Waals surface area contributed by atoms with E-state index in [2.05, 4.69) is 6.92 Å². The van der Waals surface area contributed by atoms with Gasteiger partial charge < -0.3 is 4.74 Å². The van der Waals surface area contributed by atoms with Crippen LogP contribution < -0.4 is 0 Å². The van der Waals surface area contributed by atoms with Gasteiger partial charge in [0.05, 0.1) is 0 Å². The molecule has 0 atom stereocenters. The molecule has 0 radical (unpaired) electrons. The maximum absolute atomic E-state index is 12.4. The number of carbonyl (C=O) groups is 1. The lowest BCUT2D eigenvalue weighted by Crippen LogP contribution is -2.27. The SMILES string of the molecule is CCC1(C(=O)CCCCC2CCOCC2)CCCC1. The van der Waals surface area contributed by atoms with Crippen molar-refractivity contribution in [2.75, 3.05) is 13.2 Å². The van der Waals surface area contributed by atoms with Gasteiger partial charge in [-0.15, -0.1) is 0 Å². The first kappa shape index (κ1) is 15.0. The first-order valence-corrected chi connectivity index (χ1v) is 8.38. The van der Waals surface area contributed by atoms with E-state index in [1.54, 1.807) is 0 Å². The molecule has 110 valence electrons. The number of rotatable bonds is 7. The highest BCUT2D eigenvalue weighted by Gasteiger charge is 2.38. The highest BCUT2D eigenvalue weighted by molar-refractivity contribution is 5.85. The molecule has 0 aromatic heterocycles. The first-order chi connectivity index (χ1) is 9.27. The average molecular weight is 266 g/mol. The molecule has 1 saturated heterocycles. The molecule has 0 bridgehead atoms. The van der Waals surface area contributed by atoms with E-state index in [9.17, 15) is 4.79 Å². The largest absolute Gasteiger partial charge is 0.381 e. The zero-order valence-electron chi connectivity index (χ0n) is 12.6. The number of hydrogen-bond acceptors (Lipinski definition) is 2. The Morgan fingerprint density at radius 1 is 1.16 bits per heavy atom. The van der Waals surface area contributed by atoms with Gasteiger partial charge in [-0.3, -0.25) is 4.79 Å². The molecule has 2 heteroatoms. The standard InChI is InChI=1S/C17H30O2/c1-2-17(11-5-6-12-17)16(18)8-4-3-7-15-9-13-19-14-10-15/h15H,2-14H2,1H3. The second kappa shape index (κ2) is 7.42. The van der Waals surface area contributed by atoms with Crippen LogP contribution in [0, 0.1) is 11.3 Å². The monoisotopic (exact) mass is 266 g/mol. The number of Topliss-reactive ketones (excluding diaryl/α,β-unsaturated/α-hetero) is 1. The van der Waals surface area contributed by atoms with Crippen LogP contribution in [0.5, 0.6) is 0 Å². The van der Waals surface area contributed by atoms with Gasteiger partial charge in [0.25, 0.3) is 0 Å².